The fraction of sp³-hybridized carbons (Fsp3) is 0.500. The molecule has 26 heavy (non-hydrogen) atoms. The van der Waals surface area contributed by atoms with Gasteiger partial charge in [0.1, 0.15) is 11.6 Å². The van der Waals surface area contributed by atoms with Crippen LogP contribution in [-0.2, 0) is 9.59 Å². The summed E-state index contributed by atoms with van der Waals surface area (Å²) in [6.07, 6.45) is 8.10. The summed E-state index contributed by atoms with van der Waals surface area (Å²) in [5.74, 6) is -4.03. The second-order valence-electron chi connectivity index (χ2n) is 6.77. The van der Waals surface area contributed by atoms with Crippen molar-refractivity contribution in [3.8, 4) is 0 Å². The largest absolute Gasteiger partial charge is 0.481 e. The molecule has 1 fully saturated rings. The van der Waals surface area contributed by atoms with Crippen molar-refractivity contribution < 1.29 is 27.9 Å². The van der Waals surface area contributed by atoms with E-state index in [0.717, 1.165) is 25.3 Å². The first-order valence-electron chi connectivity index (χ1n) is 8.95. The van der Waals surface area contributed by atoms with Gasteiger partial charge < -0.3 is 5.11 Å². The van der Waals surface area contributed by atoms with Crippen LogP contribution in [0.5, 0.6) is 0 Å². The molecule has 1 aromatic carbocycles. The molecule has 6 heteroatoms. The SMILES string of the molecule is O=C(O)CCCCCCC1C(=O)CCC1C=Cc1cc(F)cc(F)c1F. The van der Waals surface area contributed by atoms with E-state index in [1.54, 1.807) is 6.08 Å². The average Bonchev–Trinajstić information content (AvgIpc) is 2.92. The number of allylic oxidation sites excluding steroid dienone is 1. The van der Waals surface area contributed by atoms with E-state index in [9.17, 15) is 22.8 Å². The van der Waals surface area contributed by atoms with Gasteiger partial charge in [-0.25, -0.2) is 13.2 Å². The maximum absolute atomic E-state index is 13.7. The van der Waals surface area contributed by atoms with E-state index in [-0.39, 0.29) is 29.6 Å². The van der Waals surface area contributed by atoms with Crippen LogP contribution in [0.1, 0.15) is 56.9 Å². The normalized spacial score (nSPS) is 20.2. The minimum absolute atomic E-state index is 0.0627. The number of benzene rings is 1. The summed E-state index contributed by atoms with van der Waals surface area (Å²) < 4.78 is 40.2. The van der Waals surface area contributed by atoms with Crippen LogP contribution in [0.25, 0.3) is 6.08 Å². The minimum atomic E-state index is -1.23. The average molecular weight is 368 g/mol. The first-order valence-corrected chi connectivity index (χ1v) is 8.95. The van der Waals surface area contributed by atoms with Crippen molar-refractivity contribution in [2.75, 3.05) is 0 Å². The number of halogens is 3. The second-order valence-corrected chi connectivity index (χ2v) is 6.77. The number of hydrogen-bond acceptors (Lipinski definition) is 2. The number of carboxylic acid groups (broad SMARTS) is 1. The summed E-state index contributed by atoms with van der Waals surface area (Å²) in [5.41, 5.74) is -0.158. The van der Waals surface area contributed by atoms with E-state index in [4.69, 9.17) is 5.11 Å². The third kappa shape index (κ3) is 5.71. The molecule has 1 aliphatic carbocycles. The summed E-state index contributed by atoms with van der Waals surface area (Å²) in [7, 11) is 0. The third-order valence-electron chi connectivity index (χ3n) is 4.85. The van der Waals surface area contributed by atoms with Gasteiger partial charge in [-0.1, -0.05) is 31.4 Å². The zero-order valence-electron chi connectivity index (χ0n) is 14.5. The van der Waals surface area contributed by atoms with Crippen molar-refractivity contribution in [3.05, 3.63) is 41.2 Å². The highest BCUT2D eigenvalue weighted by Gasteiger charge is 2.32. The lowest BCUT2D eigenvalue weighted by atomic mass is 9.89. The Balaban J connectivity index is 1.90. The molecule has 0 amide bonds. The van der Waals surface area contributed by atoms with Gasteiger partial charge in [-0.3, -0.25) is 9.59 Å². The molecule has 2 rings (SSSR count). The Bertz CT molecular complexity index is 685. The van der Waals surface area contributed by atoms with Gasteiger partial charge in [0, 0.05) is 30.4 Å². The Labute approximate surface area is 150 Å². The molecule has 142 valence electrons. The fourth-order valence-corrected chi connectivity index (χ4v) is 3.46. The minimum Gasteiger partial charge on any atom is -0.481 e. The van der Waals surface area contributed by atoms with Gasteiger partial charge >= 0.3 is 5.97 Å². The van der Waals surface area contributed by atoms with Crippen molar-refractivity contribution >= 4 is 17.8 Å². The Morgan fingerprint density at radius 3 is 2.62 bits per heavy atom. The van der Waals surface area contributed by atoms with Crippen LogP contribution in [0.4, 0.5) is 13.2 Å². The Hall–Kier alpha value is -2.11. The van der Waals surface area contributed by atoms with E-state index in [1.165, 1.54) is 6.08 Å². The van der Waals surface area contributed by atoms with Crippen molar-refractivity contribution in [3.63, 3.8) is 0 Å². The number of ketones is 1. The number of Topliss-reactive ketones (excluding diaryl/α,β-unsaturated/α-hetero) is 1. The molecule has 0 radical (unpaired) electrons. The molecular weight excluding hydrogens is 345 g/mol. The highest BCUT2D eigenvalue weighted by molar-refractivity contribution is 5.84. The van der Waals surface area contributed by atoms with Gasteiger partial charge in [-0.15, -0.1) is 0 Å². The van der Waals surface area contributed by atoms with Crippen LogP contribution in [0, 0.1) is 29.3 Å². The first kappa shape index (κ1) is 20.2. The summed E-state index contributed by atoms with van der Waals surface area (Å²) in [6.45, 7) is 0. The highest BCUT2D eigenvalue weighted by Crippen LogP contribution is 2.34. The van der Waals surface area contributed by atoms with Crippen molar-refractivity contribution in [2.24, 2.45) is 11.8 Å². The molecule has 0 heterocycles. The molecule has 0 aliphatic heterocycles. The van der Waals surface area contributed by atoms with E-state index < -0.39 is 23.4 Å². The van der Waals surface area contributed by atoms with Gasteiger partial charge in [-0.05, 0) is 31.2 Å². The Morgan fingerprint density at radius 1 is 1.15 bits per heavy atom. The van der Waals surface area contributed by atoms with E-state index in [0.29, 0.717) is 31.7 Å². The molecule has 1 aromatic rings. The summed E-state index contributed by atoms with van der Waals surface area (Å²) >= 11 is 0. The Morgan fingerprint density at radius 2 is 1.88 bits per heavy atom. The molecule has 1 saturated carbocycles. The van der Waals surface area contributed by atoms with Gasteiger partial charge in [0.25, 0.3) is 0 Å². The van der Waals surface area contributed by atoms with Crippen LogP contribution in [-0.4, -0.2) is 16.9 Å². The Kier molecular flexibility index (Phi) is 7.42. The summed E-state index contributed by atoms with van der Waals surface area (Å²) in [5, 5.41) is 8.59. The predicted molar refractivity (Wildman–Crippen MR) is 91.9 cm³/mol. The van der Waals surface area contributed by atoms with Gasteiger partial charge in [0.05, 0.1) is 0 Å². The highest BCUT2D eigenvalue weighted by atomic mass is 19.2. The molecule has 0 bridgehead atoms. The molecular formula is C20H23F3O3. The predicted octanol–water partition coefficient (Wildman–Crippen LogP) is 5.14. The van der Waals surface area contributed by atoms with Crippen LogP contribution < -0.4 is 0 Å². The molecule has 0 aromatic heterocycles. The fourth-order valence-electron chi connectivity index (χ4n) is 3.46. The van der Waals surface area contributed by atoms with Crippen LogP contribution in [0.3, 0.4) is 0 Å². The van der Waals surface area contributed by atoms with Crippen molar-refractivity contribution in [1.29, 1.82) is 0 Å². The lowest BCUT2D eigenvalue weighted by Gasteiger charge is -2.15. The van der Waals surface area contributed by atoms with Gasteiger partial charge in [0.2, 0.25) is 0 Å². The van der Waals surface area contributed by atoms with Crippen molar-refractivity contribution in [2.45, 2.75) is 51.4 Å². The van der Waals surface area contributed by atoms with E-state index in [1.807, 2.05) is 0 Å². The van der Waals surface area contributed by atoms with Crippen LogP contribution in [0.2, 0.25) is 0 Å². The number of carbonyl (C=O) groups excluding carboxylic acids is 1. The molecule has 2 atom stereocenters. The molecule has 3 nitrogen and oxygen atoms in total. The summed E-state index contributed by atoms with van der Waals surface area (Å²) in [4.78, 5) is 22.5. The maximum Gasteiger partial charge on any atom is 0.303 e. The van der Waals surface area contributed by atoms with Crippen LogP contribution in [0.15, 0.2) is 18.2 Å². The quantitative estimate of drug-likeness (QED) is 0.485. The lowest BCUT2D eigenvalue weighted by Crippen LogP contribution is -2.13. The topological polar surface area (TPSA) is 54.4 Å². The second kappa shape index (κ2) is 9.55. The number of hydrogen-bond donors (Lipinski definition) is 1. The number of carboxylic acids is 1. The molecule has 1 N–H and O–H groups in total. The summed E-state index contributed by atoms with van der Waals surface area (Å²) in [6, 6.07) is 1.43. The molecule has 0 spiro atoms. The molecule has 2 unspecified atom stereocenters. The van der Waals surface area contributed by atoms with Gasteiger partial charge in [-0.2, -0.15) is 0 Å². The van der Waals surface area contributed by atoms with E-state index >= 15 is 0 Å². The number of rotatable bonds is 9. The molecule has 0 saturated heterocycles. The number of carbonyl (C=O) groups is 2. The first-order chi connectivity index (χ1) is 12.4. The number of unbranched alkanes of at least 4 members (excludes halogenated alkanes) is 3. The number of aliphatic carboxylic acids is 1. The van der Waals surface area contributed by atoms with Crippen LogP contribution >= 0.6 is 0 Å². The zero-order chi connectivity index (χ0) is 19.1. The standard InChI is InChI=1S/C20H23F3O3/c21-15-11-14(20(23)17(22)12-15)8-7-13-9-10-18(24)16(13)5-3-1-2-4-6-19(25)26/h7-8,11-13,16H,1-6,9-10H2,(H,25,26). The van der Waals surface area contributed by atoms with Crippen molar-refractivity contribution in [1.82, 2.24) is 0 Å². The smallest absolute Gasteiger partial charge is 0.303 e. The third-order valence-corrected chi connectivity index (χ3v) is 4.85. The lowest BCUT2D eigenvalue weighted by molar-refractivity contribution is -0.137. The monoisotopic (exact) mass is 368 g/mol. The molecule has 1 aliphatic rings. The van der Waals surface area contributed by atoms with Gasteiger partial charge in [0.15, 0.2) is 11.6 Å². The maximum atomic E-state index is 13.7. The zero-order valence-corrected chi connectivity index (χ0v) is 14.5. The van der Waals surface area contributed by atoms with E-state index in [2.05, 4.69) is 0 Å².